The van der Waals surface area contributed by atoms with Gasteiger partial charge >= 0.3 is 6.03 Å². The Labute approximate surface area is 171 Å². The number of hydrogen-bond acceptors (Lipinski definition) is 4. The van der Waals surface area contributed by atoms with E-state index in [1.54, 1.807) is 37.2 Å². The molecule has 3 amide bonds. The second kappa shape index (κ2) is 6.98. The van der Waals surface area contributed by atoms with Gasteiger partial charge in [-0.25, -0.2) is 13.2 Å². The van der Waals surface area contributed by atoms with Crippen LogP contribution in [-0.4, -0.2) is 80.3 Å². The van der Waals surface area contributed by atoms with Crippen LogP contribution in [0.4, 0.5) is 4.79 Å². The van der Waals surface area contributed by atoms with Gasteiger partial charge < -0.3 is 15.1 Å². The molecule has 0 radical (unpaired) electrons. The number of rotatable bonds is 2. The van der Waals surface area contributed by atoms with Gasteiger partial charge in [-0.05, 0) is 37.5 Å². The van der Waals surface area contributed by atoms with E-state index in [1.165, 1.54) is 9.21 Å². The third-order valence-electron chi connectivity index (χ3n) is 6.63. The lowest BCUT2D eigenvalue weighted by Crippen LogP contribution is -2.56. The summed E-state index contributed by atoms with van der Waals surface area (Å²) in [5, 5.41) is 3.17. The van der Waals surface area contributed by atoms with Crippen molar-refractivity contribution in [3.8, 4) is 0 Å². The normalized spacial score (nSPS) is 26.4. The number of sulfonamides is 1. The number of nitrogens with one attached hydrogen (secondary N) is 1. The number of benzene rings is 1. The van der Waals surface area contributed by atoms with Crippen molar-refractivity contribution in [2.45, 2.75) is 30.2 Å². The van der Waals surface area contributed by atoms with Gasteiger partial charge in [0.25, 0.3) is 0 Å². The number of likely N-dealkylation sites (tertiary alicyclic amines) is 1. The summed E-state index contributed by atoms with van der Waals surface area (Å²) in [6.45, 7) is 3.56. The maximum atomic E-state index is 13.0. The second-order valence-electron chi connectivity index (χ2n) is 8.66. The van der Waals surface area contributed by atoms with Gasteiger partial charge in [0.2, 0.25) is 15.9 Å². The molecular formula is C20H28N4O4S. The molecule has 0 aromatic heterocycles. The molecule has 3 aliphatic heterocycles. The Hall–Kier alpha value is -2.13. The van der Waals surface area contributed by atoms with Crippen LogP contribution >= 0.6 is 0 Å². The summed E-state index contributed by atoms with van der Waals surface area (Å²) in [5.41, 5.74) is 0.476. The maximum Gasteiger partial charge on any atom is 0.319 e. The van der Waals surface area contributed by atoms with Crippen LogP contribution in [0.5, 0.6) is 0 Å². The minimum absolute atomic E-state index is 0.0148. The van der Waals surface area contributed by atoms with Gasteiger partial charge in [0.15, 0.2) is 0 Å². The van der Waals surface area contributed by atoms with Crippen molar-refractivity contribution in [1.29, 1.82) is 0 Å². The highest BCUT2D eigenvalue weighted by Crippen LogP contribution is 2.44. The van der Waals surface area contributed by atoms with Gasteiger partial charge in [0.1, 0.15) is 0 Å². The van der Waals surface area contributed by atoms with Crippen LogP contribution in [0.2, 0.25) is 0 Å². The lowest BCUT2D eigenvalue weighted by Gasteiger charge is -2.42. The van der Waals surface area contributed by atoms with Crippen LogP contribution in [-0.2, 0) is 14.8 Å². The van der Waals surface area contributed by atoms with E-state index in [9.17, 15) is 18.0 Å². The van der Waals surface area contributed by atoms with Gasteiger partial charge in [-0.3, -0.25) is 4.79 Å². The van der Waals surface area contributed by atoms with Crippen molar-refractivity contribution in [3.05, 3.63) is 29.8 Å². The fourth-order valence-corrected chi connectivity index (χ4v) is 6.59. The molecule has 1 spiro atoms. The van der Waals surface area contributed by atoms with Gasteiger partial charge in [0.05, 0.1) is 10.8 Å². The highest BCUT2D eigenvalue weighted by molar-refractivity contribution is 7.89. The van der Waals surface area contributed by atoms with E-state index in [0.717, 1.165) is 5.56 Å². The molecule has 1 N–H and O–H groups in total. The topological polar surface area (TPSA) is 90.0 Å². The Morgan fingerprint density at radius 3 is 2.52 bits per heavy atom. The summed E-state index contributed by atoms with van der Waals surface area (Å²) in [5.74, 6) is -0.194. The number of aryl methyl sites for hydroxylation is 1. The molecule has 3 fully saturated rings. The first-order chi connectivity index (χ1) is 13.6. The summed E-state index contributed by atoms with van der Waals surface area (Å²) in [6.07, 6.45) is 1.13. The highest BCUT2D eigenvalue weighted by atomic mass is 32.2. The molecule has 0 saturated carbocycles. The van der Waals surface area contributed by atoms with Gasteiger partial charge in [-0.2, -0.15) is 4.31 Å². The van der Waals surface area contributed by atoms with Crippen molar-refractivity contribution in [3.63, 3.8) is 0 Å². The van der Waals surface area contributed by atoms with E-state index >= 15 is 0 Å². The summed E-state index contributed by atoms with van der Waals surface area (Å²) in [6, 6.07) is 6.86. The summed E-state index contributed by atoms with van der Waals surface area (Å²) >= 11 is 0. The molecule has 9 heteroatoms. The van der Waals surface area contributed by atoms with Crippen LogP contribution in [0.3, 0.4) is 0 Å². The molecule has 29 heavy (non-hydrogen) atoms. The first kappa shape index (κ1) is 20.2. The standard InChI is InChI=1S/C20H28N4O4S/c1-14-5-4-6-15(11-14)29(27,28)24-9-7-20(8-10-24)17-13-23(19(26)22(2)3)12-16(17)18(25)21-20/h4-6,11,16-17H,7-10,12-13H2,1-3H3,(H,21,25)/t16-,17+/m0/s1. The molecule has 8 nitrogen and oxygen atoms in total. The minimum Gasteiger partial charge on any atom is -0.350 e. The fraction of sp³-hybridized carbons (Fsp3) is 0.600. The predicted octanol–water partition coefficient (Wildman–Crippen LogP) is 0.878. The molecule has 4 rings (SSSR count). The van der Waals surface area contributed by atoms with Crippen LogP contribution < -0.4 is 5.32 Å². The fourth-order valence-electron chi connectivity index (χ4n) is 5.05. The minimum atomic E-state index is -3.55. The molecule has 3 heterocycles. The zero-order valence-electron chi connectivity index (χ0n) is 17.1. The number of carbonyl (C=O) groups excluding carboxylic acids is 2. The highest BCUT2D eigenvalue weighted by Gasteiger charge is 2.58. The Morgan fingerprint density at radius 1 is 1.21 bits per heavy atom. The number of piperidine rings is 1. The third kappa shape index (κ3) is 3.30. The molecule has 3 saturated heterocycles. The van der Waals surface area contributed by atoms with E-state index in [0.29, 0.717) is 43.9 Å². The number of nitrogens with zero attached hydrogens (tertiary/aromatic N) is 3. The number of fused-ring (bicyclic) bond motifs is 2. The molecule has 1 aromatic rings. The second-order valence-corrected chi connectivity index (χ2v) is 10.6. The predicted molar refractivity (Wildman–Crippen MR) is 108 cm³/mol. The maximum absolute atomic E-state index is 13.0. The zero-order valence-corrected chi connectivity index (χ0v) is 17.9. The Kier molecular flexibility index (Phi) is 4.85. The number of urea groups is 1. The smallest absolute Gasteiger partial charge is 0.319 e. The first-order valence-corrected chi connectivity index (χ1v) is 11.4. The quantitative estimate of drug-likeness (QED) is 0.769. The average molecular weight is 421 g/mol. The third-order valence-corrected chi connectivity index (χ3v) is 8.53. The SMILES string of the molecule is Cc1cccc(S(=O)(=O)N2CCC3(CC2)NC(=O)[C@H]2CN(C(=O)N(C)C)C[C@H]23)c1. The largest absolute Gasteiger partial charge is 0.350 e. The van der Waals surface area contributed by atoms with Crippen LogP contribution in [0.25, 0.3) is 0 Å². The van der Waals surface area contributed by atoms with E-state index in [-0.39, 0.29) is 23.8 Å². The van der Waals surface area contributed by atoms with Gasteiger partial charge in [-0.15, -0.1) is 0 Å². The lowest BCUT2D eigenvalue weighted by atomic mass is 9.76. The van der Waals surface area contributed by atoms with Crippen molar-refractivity contribution < 1.29 is 18.0 Å². The molecule has 1 aromatic carbocycles. The van der Waals surface area contributed by atoms with Crippen molar-refractivity contribution in [1.82, 2.24) is 19.4 Å². The van der Waals surface area contributed by atoms with Crippen molar-refractivity contribution in [2.24, 2.45) is 11.8 Å². The Morgan fingerprint density at radius 2 is 1.90 bits per heavy atom. The molecule has 0 aliphatic carbocycles. The van der Waals surface area contributed by atoms with Gasteiger partial charge in [-0.1, -0.05) is 12.1 Å². The Bertz CT molecular complexity index is 938. The summed E-state index contributed by atoms with van der Waals surface area (Å²) < 4.78 is 27.6. The molecule has 0 bridgehead atoms. The van der Waals surface area contributed by atoms with Crippen LogP contribution in [0, 0.1) is 18.8 Å². The number of hydrogen-bond donors (Lipinski definition) is 1. The average Bonchev–Trinajstić information content (AvgIpc) is 3.22. The van der Waals surface area contributed by atoms with E-state index in [1.807, 2.05) is 13.0 Å². The molecular weight excluding hydrogens is 392 g/mol. The molecule has 2 atom stereocenters. The Balaban J connectivity index is 1.50. The van der Waals surface area contributed by atoms with Crippen LogP contribution in [0.1, 0.15) is 18.4 Å². The summed E-state index contributed by atoms with van der Waals surface area (Å²) in [4.78, 5) is 28.5. The van der Waals surface area contributed by atoms with Gasteiger partial charge in [0, 0.05) is 51.7 Å². The lowest BCUT2D eigenvalue weighted by molar-refractivity contribution is -0.123. The summed E-state index contributed by atoms with van der Waals surface area (Å²) in [7, 11) is -0.134. The number of carbonyl (C=O) groups is 2. The monoisotopic (exact) mass is 420 g/mol. The van der Waals surface area contributed by atoms with Crippen molar-refractivity contribution >= 4 is 22.0 Å². The first-order valence-electron chi connectivity index (χ1n) is 9.99. The van der Waals surface area contributed by atoms with E-state index < -0.39 is 15.6 Å². The molecule has 0 unspecified atom stereocenters. The van der Waals surface area contributed by atoms with Crippen LogP contribution in [0.15, 0.2) is 29.2 Å². The zero-order chi connectivity index (χ0) is 21.0. The van der Waals surface area contributed by atoms with E-state index in [2.05, 4.69) is 5.32 Å². The number of amides is 3. The molecule has 3 aliphatic rings. The van der Waals surface area contributed by atoms with E-state index in [4.69, 9.17) is 0 Å². The molecule has 158 valence electrons. The van der Waals surface area contributed by atoms with Crippen molar-refractivity contribution in [2.75, 3.05) is 40.3 Å².